The first-order chi connectivity index (χ1) is 6.83. The van der Waals surface area contributed by atoms with E-state index in [9.17, 15) is 0 Å². The first-order valence-electron chi connectivity index (χ1n) is 5.09. The van der Waals surface area contributed by atoms with E-state index in [2.05, 4.69) is 59.3 Å². The summed E-state index contributed by atoms with van der Waals surface area (Å²) in [4.78, 5) is 0. The van der Waals surface area contributed by atoms with Crippen molar-refractivity contribution in [2.45, 2.75) is 26.2 Å². The highest BCUT2D eigenvalue weighted by molar-refractivity contribution is 9.09. The van der Waals surface area contributed by atoms with Crippen LogP contribution in [0.25, 0.3) is 0 Å². The van der Waals surface area contributed by atoms with Crippen LogP contribution < -0.4 is 0 Å². The van der Waals surface area contributed by atoms with Crippen LogP contribution in [-0.2, 0) is 6.42 Å². The average Bonchev–Trinajstić information content (AvgIpc) is 2.21. The number of halogens is 1. The van der Waals surface area contributed by atoms with Crippen molar-refractivity contribution in [1.82, 2.24) is 0 Å². The topological polar surface area (TPSA) is 0 Å². The molecule has 0 aromatic heterocycles. The molecule has 0 N–H and O–H groups in total. The van der Waals surface area contributed by atoms with Crippen LogP contribution >= 0.6 is 15.9 Å². The number of hydrogen-bond donors (Lipinski definition) is 0. The number of rotatable bonds is 5. The normalized spacial score (nSPS) is 11.0. The third-order valence-corrected chi connectivity index (χ3v) is 2.62. The molecule has 0 nitrogen and oxygen atoms in total. The van der Waals surface area contributed by atoms with Crippen LogP contribution in [0, 0.1) is 6.92 Å². The minimum atomic E-state index is 1.06. The zero-order valence-corrected chi connectivity index (χ0v) is 10.3. The molecule has 0 radical (unpaired) electrons. The zero-order valence-electron chi connectivity index (χ0n) is 8.67. The Balaban J connectivity index is 2.28. The fraction of sp³-hybridized carbons (Fsp3) is 0.385. The molecule has 1 heteroatoms. The molecule has 1 rings (SSSR count). The van der Waals surface area contributed by atoms with Gasteiger partial charge in [-0.2, -0.15) is 0 Å². The van der Waals surface area contributed by atoms with E-state index in [0.29, 0.717) is 0 Å². The van der Waals surface area contributed by atoms with Crippen molar-refractivity contribution in [3.8, 4) is 0 Å². The second-order valence-electron chi connectivity index (χ2n) is 3.47. The monoisotopic (exact) mass is 252 g/mol. The van der Waals surface area contributed by atoms with Crippen LogP contribution in [0.2, 0.25) is 0 Å². The zero-order chi connectivity index (χ0) is 10.2. The van der Waals surface area contributed by atoms with Gasteiger partial charge < -0.3 is 0 Å². The molecule has 0 heterocycles. The van der Waals surface area contributed by atoms with Crippen molar-refractivity contribution in [3.63, 3.8) is 0 Å². The summed E-state index contributed by atoms with van der Waals surface area (Å²) in [6, 6.07) is 8.79. The molecule has 0 saturated carbocycles. The molecular weight excluding hydrogens is 236 g/mol. The second kappa shape index (κ2) is 6.83. The Morgan fingerprint density at radius 3 is 2.36 bits per heavy atom. The van der Waals surface area contributed by atoms with E-state index in [1.807, 2.05) is 0 Å². The van der Waals surface area contributed by atoms with Gasteiger partial charge in [-0.3, -0.25) is 0 Å². The standard InChI is InChI=1S/C13H17Br/c1-12-7-9-13(10-8-12)6-4-2-3-5-11-14/h2-3,7-10H,4-6,11H2,1H3. The SMILES string of the molecule is Cc1ccc(CCC=CCCBr)cc1. The Bertz CT molecular complexity index is 272. The van der Waals surface area contributed by atoms with Crippen LogP contribution in [-0.4, -0.2) is 5.33 Å². The lowest BCUT2D eigenvalue weighted by molar-refractivity contribution is 0.992. The van der Waals surface area contributed by atoms with Gasteiger partial charge in [0.05, 0.1) is 0 Å². The lowest BCUT2D eigenvalue weighted by Crippen LogP contribution is -1.83. The molecular formula is C13H17Br. The fourth-order valence-corrected chi connectivity index (χ4v) is 1.57. The number of allylic oxidation sites excluding steroid dienone is 2. The highest BCUT2D eigenvalue weighted by atomic mass is 79.9. The van der Waals surface area contributed by atoms with E-state index in [1.165, 1.54) is 11.1 Å². The maximum atomic E-state index is 3.40. The lowest BCUT2D eigenvalue weighted by atomic mass is 10.1. The molecule has 0 atom stereocenters. The van der Waals surface area contributed by atoms with E-state index in [0.717, 1.165) is 24.6 Å². The maximum Gasteiger partial charge on any atom is 0.00659 e. The third-order valence-electron chi connectivity index (χ3n) is 2.16. The predicted octanol–water partition coefficient (Wildman–Crippen LogP) is 4.27. The molecule has 0 aliphatic heterocycles. The van der Waals surface area contributed by atoms with E-state index in [-0.39, 0.29) is 0 Å². The van der Waals surface area contributed by atoms with Gasteiger partial charge >= 0.3 is 0 Å². The van der Waals surface area contributed by atoms with Gasteiger partial charge in [-0.05, 0) is 31.7 Å². The lowest BCUT2D eigenvalue weighted by Gasteiger charge is -1.98. The molecule has 0 unspecified atom stereocenters. The minimum absolute atomic E-state index is 1.06. The van der Waals surface area contributed by atoms with Gasteiger partial charge in [-0.25, -0.2) is 0 Å². The Hall–Kier alpha value is -0.560. The molecule has 0 aliphatic carbocycles. The smallest absolute Gasteiger partial charge is 0.00659 e. The molecule has 0 spiro atoms. The molecule has 0 amide bonds. The van der Waals surface area contributed by atoms with Crippen LogP contribution in [0.4, 0.5) is 0 Å². The summed E-state index contributed by atoms with van der Waals surface area (Å²) in [5.74, 6) is 0. The fourth-order valence-electron chi connectivity index (χ4n) is 1.30. The highest BCUT2D eigenvalue weighted by Crippen LogP contribution is 2.06. The van der Waals surface area contributed by atoms with Crippen molar-refractivity contribution in [3.05, 3.63) is 47.5 Å². The van der Waals surface area contributed by atoms with E-state index >= 15 is 0 Å². The van der Waals surface area contributed by atoms with Crippen molar-refractivity contribution < 1.29 is 0 Å². The summed E-state index contributed by atoms with van der Waals surface area (Å²) in [5.41, 5.74) is 2.77. The first kappa shape index (κ1) is 11.5. The number of hydrogen-bond acceptors (Lipinski definition) is 0. The van der Waals surface area contributed by atoms with E-state index in [1.54, 1.807) is 0 Å². The van der Waals surface area contributed by atoms with Gasteiger partial charge in [0.2, 0.25) is 0 Å². The van der Waals surface area contributed by atoms with E-state index in [4.69, 9.17) is 0 Å². The molecule has 0 bridgehead atoms. The predicted molar refractivity (Wildman–Crippen MR) is 67.1 cm³/mol. The van der Waals surface area contributed by atoms with Crippen LogP contribution in [0.1, 0.15) is 24.0 Å². The summed E-state index contributed by atoms with van der Waals surface area (Å²) in [7, 11) is 0. The molecule has 0 aliphatic rings. The van der Waals surface area contributed by atoms with E-state index < -0.39 is 0 Å². The summed E-state index contributed by atoms with van der Waals surface area (Å²) in [5, 5.41) is 1.06. The van der Waals surface area contributed by atoms with Crippen molar-refractivity contribution in [1.29, 1.82) is 0 Å². The van der Waals surface area contributed by atoms with Gasteiger partial charge in [0, 0.05) is 5.33 Å². The van der Waals surface area contributed by atoms with Crippen molar-refractivity contribution in [2.75, 3.05) is 5.33 Å². The molecule has 14 heavy (non-hydrogen) atoms. The van der Waals surface area contributed by atoms with Crippen LogP contribution in [0.5, 0.6) is 0 Å². The molecule has 1 aromatic rings. The molecule has 0 fully saturated rings. The largest absolute Gasteiger partial charge is 0.0925 e. The Morgan fingerprint density at radius 1 is 1.07 bits per heavy atom. The number of benzene rings is 1. The number of alkyl halides is 1. The number of aryl methyl sites for hydroxylation is 2. The van der Waals surface area contributed by atoms with Gasteiger partial charge in [-0.15, -0.1) is 0 Å². The molecule has 1 aromatic carbocycles. The summed E-state index contributed by atoms with van der Waals surface area (Å²) < 4.78 is 0. The Morgan fingerprint density at radius 2 is 1.71 bits per heavy atom. The summed E-state index contributed by atoms with van der Waals surface area (Å²) in [6.07, 6.45) is 7.94. The highest BCUT2D eigenvalue weighted by Gasteiger charge is 1.89. The summed E-state index contributed by atoms with van der Waals surface area (Å²) >= 11 is 3.40. The third kappa shape index (κ3) is 4.61. The Labute approximate surface area is 95.2 Å². The minimum Gasteiger partial charge on any atom is -0.0925 e. The van der Waals surface area contributed by atoms with Crippen LogP contribution in [0.3, 0.4) is 0 Å². The summed E-state index contributed by atoms with van der Waals surface area (Å²) in [6.45, 7) is 2.12. The van der Waals surface area contributed by atoms with Crippen molar-refractivity contribution >= 4 is 15.9 Å². The average molecular weight is 253 g/mol. The molecule has 0 saturated heterocycles. The first-order valence-corrected chi connectivity index (χ1v) is 6.21. The molecule has 76 valence electrons. The second-order valence-corrected chi connectivity index (χ2v) is 4.27. The van der Waals surface area contributed by atoms with Gasteiger partial charge in [0.15, 0.2) is 0 Å². The quantitative estimate of drug-likeness (QED) is 0.543. The maximum absolute atomic E-state index is 3.40. The van der Waals surface area contributed by atoms with Crippen molar-refractivity contribution in [2.24, 2.45) is 0 Å². The Kier molecular flexibility index (Phi) is 5.62. The van der Waals surface area contributed by atoms with Gasteiger partial charge in [0.25, 0.3) is 0 Å². The van der Waals surface area contributed by atoms with Crippen LogP contribution in [0.15, 0.2) is 36.4 Å². The van der Waals surface area contributed by atoms with Gasteiger partial charge in [-0.1, -0.05) is 57.9 Å². The van der Waals surface area contributed by atoms with Gasteiger partial charge in [0.1, 0.15) is 0 Å².